The zero-order valence-corrected chi connectivity index (χ0v) is 15.0. The Labute approximate surface area is 149 Å². The van der Waals surface area contributed by atoms with Gasteiger partial charge in [-0.2, -0.15) is 0 Å². The van der Waals surface area contributed by atoms with E-state index in [1.165, 1.54) is 7.11 Å². The zero-order valence-electron chi connectivity index (χ0n) is 13.5. The molecular formula is C18H18BrNO4. The summed E-state index contributed by atoms with van der Waals surface area (Å²) < 4.78 is 6.04. The van der Waals surface area contributed by atoms with Gasteiger partial charge in [0.05, 0.1) is 25.8 Å². The second-order valence-electron chi connectivity index (χ2n) is 5.15. The predicted molar refractivity (Wildman–Crippen MR) is 94.3 cm³/mol. The normalized spacial score (nSPS) is 10.3. The first-order valence-electron chi connectivity index (χ1n) is 7.35. The van der Waals surface area contributed by atoms with E-state index in [4.69, 9.17) is 4.74 Å². The number of hydrogen-bond acceptors (Lipinski definition) is 4. The minimum Gasteiger partial charge on any atom is -0.496 e. The van der Waals surface area contributed by atoms with Gasteiger partial charge in [0.1, 0.15) is 5.75 Å². The maximum atomic E-state index is 12.9. The number of ether oxygens (including phenoxy) is 1. The number of hydrogen-bond donors (Lipinski definition) is 1. The molecule has 0 saturated heterocycles. The van der Waals surface area contributed by atoms with Crippen LogP contribution in [0.15, 0.2) is 46.9 Å². The van der Waals surface area contributed by atoms with E-state index in [0.29, 0.717) is 11.3 Å². The summed E-state index contributed by atoms with van der Waals surface area (Å²) in [6.45, 7) is 1.41. The number of imide groups is 1. The molecule has 6 heteroatoms. The predicted octanol–water partition coefficient (Wildman–Crippen LogP) is 3.04. The second kappa shape index (κ2) is 8.08. The number of carbonyl (C=O) groups excluding carboxylic acids is 2. The van der Waals surface area contributed by atoms with E-state index in [0.717, 1.165) is 14.9 Å². The lowest BCUT2D eigenvalue weighted by Crippen LogP contribution is -2.39. The van der Waals surface area contributed by atoms with E-state index in [2.05, 4.69) is 15.9 Å². The molecule has 126 valence electrons. The molecule has 0 atom stereocenters. The van der Waals surface area contributed by atoms with Crippen LogP contribution in [0.4, 0.5) is 0 Å². The Hall–Kier alpha value is -2.18. The molecule has 0 aliphatic heterocycles. The summed E-state index contributed by atoms with van der Waals surface area (Å²) in [4.78, 5) is 26.6. The molecule has 0 heterocycles. The number of amides is 2. The number of aryl methyl sites for hydroxylation is 1. The summed E-state index contributed by atoms with van der Waals surface area (Å²) in [7, 11) is 1.48. The Bertz CT molecular complexity index is 760. The SMILES string of the molecule is COc1c(C)cccc1C(=O)N(CCO)C(=O)c1cccc(Br)c1. The number of rotatable bonds is 5. The number of aliphatic hydroxyl groups excluding tert-OH is 1. The number of aliphatic hydroxyl groups is 1. The summed E-state index contributed by atoms with van der Waals surface area (Å²) >= 11 is 3.31. The molecule has 0 saturated carbocycles. The molecular weight excluding hydrogens is 374 g/mol. The van der Waals surface area contributed by atoms with Crippen molar-refractivity contribution >= 4 is 27.7 Å². The van der Waals surface area contributed by atoms with Gasteiger partial charge in [-0.25, -0.2) is 0 Å². The fourth-order valence-corrected chi connectivity index (χ4v) is 2.81. The summed E-state index contributed by atoms with van der Waals surface area (Å²) in [5, 5.41) is 9.28. The number of methoxy groups -OCH3 is 1. The van der Waals surface area contributed by atoms with E-state index in [1.807, 2.05) is 13.0 Å². The van der Waals surface area contributed by atoms with Gasteiger partial charge in [-0.15, -0.1) is 0 Å². The monoisotopic (exact) mass is 391 g/mol. The number of carbonyl (C=O) groups is 2. The van der Waals surface area contributed by atoms with Crippen molar-refractivity contribution in [2.45, 2.75) is 6.92 Å². The zero-order chi connectivity index (χ0) is 17.7. The summed E-state index contributed by atoms with van der Waals surface area (Å²) in [6.07, 6.45) is 0. The maximum absolute atomic E-state index is 12.9. The highest BCUT2D eigenvalue weighted by Crippen LogP contribution is 2.25. The van der Waals surface area contributed by atoms with Crippen LogP contribution in [0.5, 0.6) is 5.75 Å². The molecule has 0 bridgehead atoms. The van der Waals surface area contributed by atoms with E-state index >= 15 is 0 Å². The number of benzene rings is 2. The molecule has 0 aliphatic rings. The highest BCUT2D eigenvalue weighted by molar-refractivity contribution is 9.10. The smallest absolute Gasteiger partial charge is 0.264 e. The van der Waals surface area contributed by atoms with Gasteiger partial charge < -0.3 is 9.84 Å². The molecule has 2 aromatic carbocycles. The van der Waals surface area contributed by atoms with Gasteiger partial charge in [0.15, 0.2) is 0 Å². The van der Waals surface area contributed by atoms with Crippen LogP contribution < -0.4 is 4.74 Å². The van der Waals surface area contributed by atoms with Crippen molar-refractivity contribution in [1.29, 1.82) is 0 Å². The molecule has 24 heavy (non-hydrogen) atoms. The molecule has 0 unspecified atom stereocenters. The molecule has 0 aromatic heterocycles. The van der Waals surface area contributed by atoms with Crippen LogP contribution in [0.2, 0.25) is 0 Å². The molecule has 0 aliphatic carbocycles. The molecule has 2 aromatic rings. The first-order chi connectivity index (χ1) is 11.5. The number of nitrogens with zero attached hydrogens (tertiary/aromatic N) is 1. The van der Waals surface area contributed by atoms with Crippen LogP contribution in [0.1, 0.15) is 26.3 Å². The van der Waals surface area contributed by atoms with Gasteiger partial charge in [0.2, 0.25) is 0 Å². The van der Waals surface area contributed by atoms with Gasteiger partial charge in [0, 0.05) is 10.0 Å². The van der Waals surface area contributed by atoms with Crippen LogP contribution in [-0.2, 0) is 0 Å². The Kier molecular flexibility index (Phi) is 6.11. The van der Waals surface area contributed by atoms with Crippen molar-refractivity contribution in [3.8, 4) is 5.75 Å². The lowest BCUT2D eigenvalue weighted by molar-refractivity contribution is 0.0584. The van der Waals surface area contributed by atoms with Crippen molar-refractivity contribution < 1.29 is 19.4 Å². The Morgan fingerprint density at radius 1 is 1.17 bits per heavy atom. The molecule has 0 radical (unpaired) electrons. The first kappa shape index (κ1) is 18.2. The summed E-state index contributed by atoms with van der Waals surface area (Å²) in [5.74, 6) is -0.555. The molecule has 2 amide bonds. The number of halogens is 1. The van der Waals surface area contributed by atoms with E-state index in [-0.39, 0.29) is 18.7 Å². The van der Waals surface area contributed by atoms with Crippen molar-refractivity contribution in [2.75, 3.05) is 20.3 Å². The standard InChI is InChI=1S/C18H18BrNO4/c1-12-5-3-8-15(16(12)24-2)18(23)20(9-10-21)17(22)13-6-4-7-14(19)11-13/h3-8,11,21H,9-10H2,1-2H3. The van der Waals surface area contributed by atoms with E-state index in [1.54, 1.807) is 36.4 Å². The minimum absolute atomic E-state index is 0.0960. The molecule has 2 rings (SSSR count). The van der Waals surface area contributed by atoms with Crippen LogP contribution in [0.3, 0.4) is 0 Å². The lowest BCUT2D eigenvalue weighted by atomic mass is 10.1. The summed E-state index contributed by atoms with van der Waals surface area (Å²) in [6, 6.07) is 11.9. The third-order valence-electron chi connectivity index (χ3n) is 3.53. The Morgan fingerprint density at radius 3 is 2.50 bits per heavy atom. The molecule has 0 spiro atoms. The van der Waals surface area contributed by atoms with Crippen molar-refractivity contribution in [3.05, 3.63) is 63.6 Å². The van der Waals surface area contributed by atoms with Crippen molar-refractivity contribution in [2.24, 2.45) is 0 Å². The van der Waals surface area contributed by atoms with Crippen molar-refractivity contribution in [1.82, 2.24) is 4.90 Å². The largest absolute Gasteiger partial charge is 0.496 e. The van der Waals surface area contributed by atoms with E-state index < -0.39 is 11.8 Å². The minimum atomic E-state index is -0.505. The quantitative estimate of drug-likeness (QED) is 0.795. The van der Waals surface area contributed by atoms with Crippen molar-refractivity contribution in [3.63, 3.8) is 0 Å². The van der Waals surface area contributed by atoms with Gasteiger partial charge in [-0.3, -0.25) is 14.5 Å². The highest BCUT2D eigenvalue weighted by atomic mass is 79.9. The summed E-state index contributed by atoms with van der Waals surface area (Å²) in [5.41, 5.74) is 1.44. The fourth-order valence-electron chi connectivity index (χ4n) is 2.41. The van der Waals surface area contributed by atoms with E-state index in [9.17, 15) is 14.7 Å². The van der Waals surface area contributed by atoms with Gasteiger partial charge in [-0.05, 0) is 36.8 Å². The van der Waals surface area contributed by atoms with Gasteiger partial charge in [-0.1, -0.05) is 34.1 Å². The third-order valence-corrected chi connectivity index (χ3v) is 4.03. The van der Waals surface area contributed by atoms with Gasteiger partial charge >= 0.3 is 0 Å². The highest BCUT2D eigenvalue weighted by Gasteiger charge is 2.26. The maximum Gasteiger partial charge on any atom is 0.264 e. The van der Waals surface area contributed by atoms with Crippen LogP contribution in [0.25, 0.3) is 0 Å². The average molecular weight is 392 g/mol. The first-order valence-corrected chi connectivity index (χ1v) is 8.15. The molecule has 0 fully saturated rings. The van der Waals surface area contributed by atoms with Crippen LogP contribution in [-0.4, -0.2) is 42.1 Å². The van der Waals surface area contributed by atoms with Gasteiger partial charge in [0.25, 0.3) is 11.8 Å². The molecule has 5 nitrogen and oxygen atoms in total. The van der Waals surface area contributed by atoms with Crippen LogP contribution >= 0.6 is 15.9 Å². The van der Waals surface area contributed by atoms with Crippen LogP contribution in [0, 0.1) is 6.92 Å². The average Bonchev–Trinajstić information content (AvgIpc) is 2.58. The number of para-hydroxylation sites is 1. The fraction of sp³-hybridized carbons (Fsp3) is 0.222. The Balaban J connectivity index is 2.42. The lowest BCUT2D eigenvalue weighted by Gasteiger charge is -2.21. The second-order valence-corrected chi connectivity index (χ2v) is 6.07. The Morgan fingerprint density at radius 2 is 1.88 bits per heavy atom. The molecule has 1 N–H and O–H groups in total. The third kappa shape index (κ3) is 3.83. The topological polar surface area (TPSA) is 66.8 Å².